The van der Waals surface area contributed by atoms with Gasteiger partial charge in [0, 0.05) is 0 Å². The Bertz CT molecular complexity index is 361. The lowest BCUT2D eigenvalue weighted by Gasteiger charge is -1.96. The number of aliphatic hydroxyl groups is 1. The summed E-state index contributed by atoms with van der Waals surface area (Å²) in [5.74, 6) is 0. The molecular formula is C11H11NO. The van der Waals surface area contributed by atoms with Crippen molar-refractivity contribution in [3.8, 4) is 6.07 Å². The fourth-order valence-corrected chi connectivity index (χ4v) is 1.03. The van der Waals surface area contributed by atoms with E-state index in [-0.39, 0.29) is 6.61 Å². The van der Waals surface area contributed by atoms with Crippen LogP contribution in [0.25, 0.3) is 6.08 Å². The van der Waals surface area contributed by atoms with E-state index in [9.17, 15) is 0 Å². The maximum atomic E-state index is 8.79. The molecule has 0 aliphatic rings. The standard InChI is InChI=1S/C11H11NO/c1-9(8-13)5-10-3-2-4-11(6-10)7-12/h2-6,13H,8H2,1H3. The SMILES string of the molecule is CC(=Cc1cccc(C#N)c1)CO. The van der Waals surface area contributed by atoms with Crippen LogP contribution < -0.4 is 0 Å². The van der Waals surface area contributed by atoms with Gasteiger partial charge in [-0.2, -0.15) is 5.26 Å². The first-order chi connectivity index (χ1) is 6.26. The van der Waals surface area contributed by atoms with Gasteiger partial charge in [-0.1, -0.05) is 18.2 Å². The zero-order chi connectivity index (χ0) is 9.68. The highest BCUT2D eigenvalue weighted by molar-refractivity contribution is 5.54. The van der Waals surface area contributed by atoms with Crippen molar-refractivity contribution in [3.05, 3.63) is 41.0 Å². The average molecular weight is 173 g/mol. The molecule has 0 heterocycles. The molecule has 13 heavy (non-hydrogen) atoms. The molecule has 0 aliphatic carbocycles. The van der Waals surface area contributed by atoms with E-state index in [2.05, 4.69) is 6.07 Å². The summed E-state index contributed by atoms with van der Waals surface area (Å²) >= 11 is 0. The Labute approximate surface area is 77.8 Å². The molecule has 0 saturated carbocycles. The summed E-state index contributed by atoms with van der Waals surface area (Å²) in [6, 6.07) is 9.34. The van der Waals surface area contributed by atoms with Gasteiger partial charge in [-0.3, -0.25) is 0 Å². The molecule has 0 fully saturated rings. The molecule has 1 aromatic rings. The Morgan fingerprint density at radius 1 is 1.62 bits per heavy atom. The Kier molecular flexibility index (Phi) is 3.24. The summed E-state index contributed by atoms with van der Waals surface area (Å²) < 4.78 is 0. The smallest absolute Gasteiger partial charge is 0.0991 e. The van der Waals surface area contributed by atoms with Gasteiger partial charge in [-0.15, -0.1) is 0 Å². The average Bonchev–Trinajstić information content (AvgIpc) is 2.18. The first-order valence-corrected chi connectivity index (χ1v) is 4.04. The largest absolute Gasteiger partial charge is 0.392 e. The summed E-state index contributed by atoms with van der Waals surface area (Å²) in [4.78, 5) is 0. The van der Waals surface area contributed by atoms with Crippen molar-refractivity contribution in [2.24, 2.45) is 0 Å². The van der Waals surface area contributed by atoms with E-state index in [1.165, 1.54) is 0 Å². The van der Waals surface area contributed by atoms with Gasteiger partial charge in [0.15, 0.2) is 0 Å². The topological polar surface area (TPSA) is 44.0 Å². The Balaban J connectivity index is 2.97. The van der Waals surface area contributed by atoms with Crippen molar-refractivity contribution in [3.63, 3.8) is 0 Å². The first-order valence-electron chi connectivity index (χ1n) is 4.04. The minimum absolute atomic E-state index is 0.0524. The van der Waals surface area contributed by atoms with Gasteiger partial charge >= 0.3 is 0 Å². The third-order valence-electron chi connectivity index (χ3n) is 1.68. The van der Waals surface area contributed by atoms with Crippen LogP contribution >= 0.6 is 0 Å². The maximum Gasteiger partial charge on any atom is 0.0991 e. The summed E-state index contributed by atoms with van der Waals surface area (Å²) in [6.45, 7) is 1.90. The molecule has 2 nitrogen and oxygen atoms in total. The summed E-state index contributed by atoms with van der Waals surface area (Å²) in [6.07, 6.45) is 1.86. The molecule has 0 radical (unpaired) electrons. The predicted molar refractivity (Wildman–Crippen MR) is 51.9 cm³/mol. The lowest BCUT2D eigenvalue weighted by molar-refractivity contribution is 0.332. The molecule has 0 bridgehead atoms. The number of benzene rings is 1. The van der Waals surface area contributed by atoms with Crippen LogP contribution in [0.2, 0.25) is 0 Å². The zero-order valence-electron chi connectivity index (χ0n) is 7.49. The Morgan fingerprint density at radius 2 is 2.38 bits per heavy atom. The Hall–Kier alpha value is -1.59. The quantitative estimate of drug-likeness (QED) is 0.742. The van der Waals surface area contributed by atoms with Crippen molar-refractivity contribution in [2.75, 3.05) is 6.61 Å². The van der Waals surface area contributed by atoms with Crippen LogP contribution in [0.4, 0.5) is 0 Å². The van der Waals surface area contributed by atoms with E-state index in [4.69, 9.17) is 10.4 Å². The molecule has 66 valence electrons. The van der Waals surface area contributed by atoms with E-state index in [0.717, 1.165) is 11.1 Å². The van der Waals surface area contributed by atoms with E-state index in [1.807, 2.05) is 25.1 Å². The molecule has 1 rings (SSSR count). The van der Waals surface area contributed by atoms with Crippen LogP contribution in [0.5, 0.6) is 0 Å². The van der Waals surface area contributed by atoms with Crippen LogP contribution in [0.1, 0.15) is 18.1 Å². The minimum atomic E-state index is 0.0524. The van der Waals surface area contributed by atoms with Gasteiger partial charge in [-0.05, 0) is 30.2 Å². The molecule has 2 heteroatoms. The van der Waals surface area contributed by atoms with Crippen molar-refractivity contribution in [2.45, 2.75) is 6.92 Å². The second-order valence-electron chi connectivity index (χ2n) is 2.89. The van der Waals surface area contributed by atoms with Crippen LogP contribution in [-0.2, 0) is 0 Å². The second kappa shape index (κ2) is 4.44. The predicted octanol–water partition coefficient (Wildman–Crippen LogP) is 1.95. The first kappa shape index (κ1) is 9.50. The second-order valence-corrected chi connectivity index (χ2v) is 2.89. The molecule has 0 unspecified atom stereocenters. The number of nitrogens with zero attached hydrogens (tertiary/aromatic N) is 1. The van der Waals surface area contributed by atoms with Gasteiger partial charge < -0.3 is 5.11 Å². The van der Waals surface area contributed by atoms with Gasteiger partial charge in [0.05, 0.1) is 18.2 Å². The van der Waals surface area contributed by atoms with Gasteiger partial charge in [0.25, 0.3) is 0 Å². The van der Waals surface area contributed by atoms with Gasteiger partial charge in [0.1, 0.15) is 0 Å². The molecule has 1 N–H and O–H groups in total. The molecule has 0 spiro atoms. The van der Waals surface area contributed by atoms with Crippen molar-refractivity contribution < 1.29 is 5.11 Å². The summed E-state index contributed by atoms with van der Waals surface area (Å²) in [5, 5.41) is 17.4. The third-order valence-corrected chi connectivity index (χ3v) is 1.68. The van der Waals surface area contributed by atoms with Crippen LogP contribution in [0.15, 0.2) is 29.8 Å². The molecule has 0 saturated heterocycles. The fourth-order valence-electron chi connectivity index (χ4n) is 1.03. The molecular weight excluding hydrogens is 162 g/mol. The number of rotatable bonds is 2. The van der Waals surface area contributed by atoms with E-state index >= 15 is 0 Å². The van der Waals surface area contributed by atoms with Gasteiger partial charge in [0.2, 0.25) is 0 Å². The highest BCUT2D eigenvalue weighted by Gasteiger charge is 1.92. The zero-order valence-corrected chi connectivity index (χ0v) is 7.49. The number of hydrogen-bond donors (Lipinski definition) is 1. The third kappa shape index (κ3) is 2.73. The van der Waals surface area contributed by atoms with E-state index in [1.54, 1.807) is 12.1 Å². The summed E-state index contributed by atoms with van der Waals surface area (Å²) in [5.41, 5.74) is 2.47. The normalized spacial score (nSPS) is 11.0. The van der Waals surface area contributed by atoms with Crippen LogP contribution in [0.3, 0.4) is 0 Å². The highest BCUT2D eigenvalue weighted by Crippen LogP contribution is 2.08. The van der Waals surface area contributed by atoms with E-state index in [0.29, 0.717) is 5.56 Å². The molecule has 0 amide bonds. The molecule has 0 aromatic heterocycles. The maximum absolute atomic E-state index is 8.79. The monoisotopic (exact) mass is 173 g/mol. The molecule has 1 aromatic carbocycles. The lowest BCUT2D eigenvalue weighted by Crippen LogP contribution is -1.84. The lowest BCUT2D eigenvalue weighted by atomic mass is 10.1. The minimum Gasteiger partial charge on any atom is -0.392 e. The van der Waals surface area contributed by atoms with Crippen LogP contribution in [-0.4, -0.2) is 11.7 Å². The number of aliphatic hydroxyl groups excluding tert-OH is 1. The van der Waals surface area contributed by atoms with E-state index < -0.39 is 0 Å². The molecule has 0 atom stereocenters. The fraction of sp³-hybridized carbons (Fsp3) is 0.182. The summed E-state index contributed by atoms with van der Waals surface area (Å²) in [7, 11) is 0. The van der Waals surface area contributed by atoms with Crippen molar-refractivity contribution in [1.82, 2.24) is 0 Å². The highest BCUT2D eigenvalue weighted by atomic mass is 16.3. The van der Waals surface area contributed by atoms with Gasteiger partial charge in [-0.25, -0.2) is 0 Å². The van der Waals surface area contributed by atoms with Crippen LogP contribution in [0, 0.1) is 11.3 Å². The van der Waals surface area contributed by atoms with Crippen molar-refractivity contribution in [1.29, 1.82) is 5.26 Å². The Morgan fingerprint density at radius 3 is 3.00 bits per heavy atom. The van der Waals surface area contributed by atoms with Crippen molar-refractivity contribution >= 4 is 6.08 Å². The number of hydrogen-bond acceptors (Lipinski definition) is 2. The molecule has 0 aliphatic heterocycles. The number of nitriles is 1.